The quantitative estimate of drug-likeness (QED) is 0.607. The maximum atomic E-state index is 11.4. The SMILES string of the molecule is COCCCNC(=O)CNCC1(C)CCC1. The van der Waals surface area contributed by atoms with Gasteiger partial charge in [0.15, 0.2) is 0 Å². The minimum Gasteiger partial charge on any atom is -0.385 e. The van der Waals surface area contributed by atoms with Crippen LogP contribution in [0.2, 0.25) is 0 Å². The molecule has 0 aromatic rings. The van der Waals surface area contributed by atoms with Crippen LogP contribution in [0.5, 0.6) is 0 Å². The van der Waals surface area contributed by atoms with Crippen LogP contribution in [-0.2, 0) is 9.53 Å². The molecule has 0 atom stereocenters. The minimum absolute atomic E-state index is 0.0824. The van der Waals surface area contributed by atoms with Crippen LogP contribution in [0, 0.1) is 5.41 Å². The smallest absolute Gasteiger partial charge is 0.233 e. The second-order valence-electron chi connectivity index (χ2n) is 4.96. The van der Waals surface area contributed by atoms with Crippen LogP contribution < -0.4 is 10.6 Å². The molecule has 0 heterocycles. The molecule has 0 aliphatic heterocycles. The fraction of sp³-hybridized carbons (Fsp3) is 0.917. The van der Waals surface area contributed by atoms with Crippen LogP contribution in [0.15, 0.2) is 0 Å². The standard InChI is InChI=1S/C12H24N2O2/c1-12(5-3-6-12)10-13-9-11(15)14-7-4-8-16-2/h13H,3-10H2,1-2H3,(H,14,15). The van der Waals surface area contributed by atoms with Gasteiger partial charge in [0, 0.05) is 26.8 Å². The Morgan fingerprint density at radius 1 is 1.44 bits per heavy atom. The van der Waals surface area contributed by atoms with Crippen molar-refractivity contribution < 1.29 is 9.53 Å². The van der Waals surface area contributed by atoms with Crippen LogP contribution in [0.4, 0.5) is 0 Å². The van der Waals surface area contributed by atoms with Crippen molar-refractivity contribution in [2.24, 2.45) is 5.41 Å². The first-order valence-corrected chi connectivity index (χ1v) is 6.13. The Kier molecular flexibility index (Phi) is 5.77. The minimum atomic E-state index is 0.0824. The van der Waals surface area contributed by atoms with Gasteiger partial charge >= 0.3 is 0 Å². The normalized spacial score (nSPS) is 17.9. The van der Waals surface area contributed by atoms with Gasteiger partial charge in [-0.3, -0.25) is 4.79 Å². The Morgan fingerprint density at radius 2 is 2.19 bits per heavy atom. The molecule has 1 aliphatic carbocycles. The zero-order valence-electron chi connectivity index (χ0n) is 10.5. The van der Waals surface area contributed by atoms with Gasteiger partial charge in [-0.2, -0.15) is 0 Å². The van der Waals surface area contributed by atoms with E-state index < -0.39 is 0 Å². The Balaban J connectivity index is 1.93. The molecular weight excluding hydrogens is 204 g/mol. The van der Waals surface area contributed by atoms with Crippen LogP contribution in [0.3, 0.4) is 0 Å². The zero-order chi connectivity index (χ0) is 11.9. The fourth-order valence-electron chi connectivity index (χ4n) is 1.94. The van der Waals surface area contributed by atoms with Gasteiger partial charge in [0.1, 0.15) is 0 Å². The van der Waals surface area contributed by atoms with Crippen molar-refractivity contribution in [2.45, 2.75) is 32.6 Å². The first kappa shape index (κ1) is 13.5. The summed E-state index contributed by atoms with van der Waals surface area (Å²) in [5, 5.41) is 6.08. The summed E-state index contributed by atoms with van der Waals surface area (Å²) < 4.78 is 4.90. The molecule has 0 spiro atoms. The van der Waals surface area contributed by atoms with Gasteiger partial charge in [-0.1, -0.05) is 13.3 Å². The van der Waals surface area contributed by atoms with E-state index in [0.717, 1.165) is 13.0 Å². The molecule has 0 bridgehead atoms. The lowest BCUT2D eigenvalue weighted by atomic mass is 9.70. The second kappa shape index (κ2) is 6.86. The first-order valence-electron chi connectivity index (χ1n) is 6.13. The Bertz CT molecular complexity index is 215. The molecule has 1 rings (SSSR count). The summed E-state index contributed by atoms with van der Waals surface area (Å²) in [7, 11) is 1.67. The van der Waals surface area contributed by atoms with E-state index in [2.05, 4.69) is 17.6 Å². The summed E-state index contributed by atoms with van der Waals surface area (Å²) in [5.74, 6) is 0.0824. The second-order valence-corrected chi connectivity index (χ2v) is 4.96. The van der Waals surface area contributed by atoms with E-state index in [1.165, 1.54) is 19.3 Å². The van der Waals surface area contributed by atoms with Crippen LogP contribution in [0.1, 0.15) is 32.6 Å². The lowest BCUT2D eigenvalue weighted by Crippen LogP contribution is -2.42. The topological polar surface area (TPSA) is 50.4 Å². The number of amides is 1. The third-order valence-electron chi connectivity index (χ3n) is 3.25. The van der Waals surface area contributed by atoms with Crippen molar-refractivity contribution in [3.63, 3.8) is 0 Å². The van der Waals surface area contributed by atoms with Crippen LogP contribution in [0.25, 0.3) is 0 Å². The van der Waals surface area contributed by atoms with Crippen molar-refractivity contribution in [3.05, 3.63) is 0 Å². The van der Waals surface area contributed by atoms with Gasteiger partial charge in [0.25, 0.3) is 0 Å². The summed E-state index contributed by atoms with van der Waals surface area (Å²) in [6.07, 6.45) is 4.78. The molecule has 4 heteroatoms. The van der Waals surface area contributed by atoms with E-state index in [0.29, 0.717) is 25.1 Å². The molecule has 0 unspecified atom stereocenters. The molecule has 1 aliphatic rings. The third kappa shape index (κ3) is 4.94. The van der Waals surface area contributed by atoms with Crippen LogP contribution in [-0.4, -0.2) is 39.3 Å². The van der Waals surface area contributed by atoms with E-state index in [-0.39, 0.29) is 5.91 Å². The Morgan fingerprint density at radius 3 is 2.75 bits per heavy atom. The van der Waals surface area contributed by atoms with E-state index in [9.17, 15) is 4.79 Å². The molecule has 1 amide bonds. The molecule has 1 saturated carbocycles. The number of carbonyl (C=O) groups excluding carboxylic acids is 1. The van der Waals surface area contributed by atoms with Gasteiger partial charge in [-0.05, 0) is 24.7 Å². The van der Waals surface area contributed by atoms with Gasteiger partial charge in [-0.25, -0.2) is 0 Å². The predicted molar refractivity (Wildman–Crippen MR) is 64.3 cm³/mol. The lowest BCUT2D eigenvalue weighted by Gasteiger charge is -2.38. The molecule has 94 valence electrons. The Hall–Kier alpha value is -0.610. The third-order valence-corrected chi connectivity index (χ3v) is 3.25. The molecule has 0 aromatic carbocycles. The first-order chi connectivity index (χ1) is 7.66. The number of carbonyl (C=O) groups is 1. The van der Waals surface area contributed by atoms with Gasteiger partial charge < -0.3 is 15.4 Å². The summed E-state index contributed by atoms with van der Waals surface area (Å²) in [6, 6.07) is 0. The highest BCUT2D eigenvalue weighted by Crippen LogP contribution is 2.39. The summed E-state index contributed by atoms with van der Waals surface area (Å²) >= 11 is 0. The van der Waals surface area contributed by atoms with Crippen molar-refractivity contribution in [2.75, 3.05) is 33.4 Å². The Labute approximate surface area is 98.1 Å². The maximum Gasteiger partial charge on any atom is 0.233 e. The highest BCUT2D eigenvalue weighted by Gasteiger charge is 2.30. The molecular formula is C12H24N2O2. The number of rotatable bonds is 8. The van der Waals surface area contributed by atoms with Crippen molar-refractivity contribution in [3.8, 4) is 0 Å². The average Bonchev–Trinajstić information content (AvgIpc) is 2.22. The zero-order valence-corrected chi connectivity index (χ0v) is 10.5. The average molecular weight is 228 g/mol. The summed E-state index contributed by atoms with van der Waals surface area (Å²) in [5.41, 5.74) is 0.441. The van der Waals surface area contributed by atoms with E-state index >= 15 is 0 Å². The summed E-state index contributed by atoms with van der Waals surface area (Å²) in [6.45, 7) is 5.07. The number of nitrogens with one attached hydrogen (secondary N) is 2. The van der Waals surface area contributed by atoms with Crippen LogP contribution >= 0.6 is 0 Å². The van der Waals surface area contributed by atoms with Gasteiger partial charge in [0.2, 0.25) is 5.91 Å². The number of hydrogen-bond donors (Lipinski definition) is 2. The molecule has 2 N–H and O–H groups in total. The van der Waals surface area contributed by atoms with E-state index in [1.54, 1.807) is 7.11 Å². The van der Waals surface area contributed by atoms with E-state index in [4.69, 9.17) is 4.74 Å². The number of ether oxygens (including phenoxy) is 1. The van der Waals surface area contributed by atoms with Gasteiger partial charge in [0.05, 0.1) is 6.54 Å². The fourth-order valence-corrected chi connectivity index (χ4v) is 1.94. The number of methoxy groups -OCH3 is 1. The largest absolute Gasteiger partial charge is 0.385 e. The highest BCUT2D eigenvalue weighted by molar-refractivity contribution is 5.77. The molecule has 0 saturated heterocycles. The molecule has 16 heavy (non-hydrogen) atoms. The van der Waals surface area contributed by atoms with Gasteiger partial charge in [-0.15, -0.1) is 0 Å². The highest BCUT2D eigenvalue weighted by atomic mass is 16.5. The summed E-state index contributed by atoms with van der Waals surface area (Å²) in [4.78, 5) is 11.4. The lowest BCUT2D eigenvalue weighted by molar-refractivity contribution is -0.120. The molecule has 0 aromatic heterocycles. The predicted octanol–water partition coefficient (Wildman–Crippen LogP) is 0.919. The van der Waals surface area contributed by atoms with Crippen molar-refractivity contribution in [1.29, 1.82) is 0 Å². The maximum absolute atomic E-state index is 11.4. The molecule has 1 fully saturated rings. The van der Waals surface area contributed by atoms with Crippen molar-refractivity contribution >= 4 is 5.91 Å². The monoisotopic (exact) mass is 228 g/mol. The van der Waals surface area contributed by atoms with E-state index in [1.807, 2.05) is 0 Å². The molecule has 0 radical (unpaired) electrons. The van der Waals surface area contributed by atoms with Crippen molar-refractivity contribution in [1.82, 2.24) is 10.6 Å². The number of hydrogen-bond acceptors (Lipinski definition) is 3. The molecule has 4 nitrogen and oxygen atoms in total.